The lowest BCUT2D eigenvalue weighted by Crippen LogP contribution is -2.48. The summed E-state index contributed by atoms with van der Waals surface area (Å²) in [6, 6.07) is 8.50. The highest BCUT2D eigenvalue weighted by molar-refractivity contribution is 5.87. The summed E-state index contributed by atoms with van der Waals surface area (Å²) in [4.78, 5) is 25.3. The lowest BCUT2D eigenvalue weighted by Gasteiger charge is -2.21. The Bertz CT molecular complexity index is 540. The van der Waals surface area contributed by atoms with E-state index in [0.29, 0.717) is 13.0 Å². The predicted molar refractivity (Wildman–Crippen MR) is 86.3 cm³/mol. The molecule has 0 fully saturated rings. The number of benzene rings is 1. The Morgan fingerprint density at radius 2 is 2.00 bits per heavy atom. The first-order valence-corrected chi connectivity index (χ1v) is 7.80. The Balaban J connectivity index is 2.77. The summed E-state index contributed by atoms with van der Waals surface area (Å²) < 4.78 is 5.04. The minimum Gasteiger partial charge on any atom is -0.450 e. The Labute approximate surface area is 137 Å². The minimum atomic E-state index is -0.828. The first-order valence-electron chi connectivity index (χ1n) is 7.80. The van der Waals surface area contributed by atoms with Crippen LogP contribution in [0.4, 0.5) is 4.79 Å². The third kappa shape index (κ3) is 6.39. The summed E-state index contributed by atoms with van der Waals surface area (Å²) in [5.41, 5.74) is 0.897. The zero-order valence-corrected chi connectivity index (χ0v) is 13.6. The van der Waals surface area contributed by atoms with Gasteiger partial charge in [-0.15, -0.1) is 0 Å². The van der Waals surface area contributed by atoms with E-state index < -0.39 is 18.0 Å². The monoisotopic (exact) mass is 317 g/mol. The highest BCUT2D eigenvalue weighted by Gasteiger charge is 2.26. The molecule has 0 bridgehead atoms. The van der Waals surface area contributed by atoms with Crippen LogP contribution in [0.15, 0.2) is 30.3 Å². The largest absolute Gasteiger partial charge is 0.450 e. The molecule has 0 aliphatic rings. The number of hydrogen-bond acceptors (Lipinski definition) is 4. The Morgan fingerprint density at radius 1 is 1.30 bits per heavy atom. The first-order chi connectivity index (χ1) is 11.1. The van der Waals surface area contributed by atoms with Crippen molar-refractivity contribution in [3.05, 3.63) is 35.9 Å². The summed E-state index contributed by atoms with van der Waals surface area (Å²) in [6.45, 7) is 4.27. The van der Waals surface area contributed by atoms with E-state index in [1.165, 1.54) is 0 Å². The highest BCUT2D eigenvalue weighted by atomic mass is 16.5. The molecule has 0 heterocycles. The van der Waals surface area contributed by atoms with Gasteiger partial charge in [0, 0.05) is 13.0 Å². The van der Waals surface area contributed by atoms with Crippen LogP contribution in [0.3, 0.4) is 0 Å². The van der Waals surface area contributed by atoms with E-state index in [1.807, 2.05) is 43.4 Å². The number of ether oxygens (including phenoxy) is 1. The number of nitriles is 1. The molecule has 124 valence electrons. The summed E-state index contributed by atoms with van der Waals surface area (Å²) in [5, 5.41) is 11.6. The van der Waals surface area contributed by atoms with Gasteiger partial charge in [-0.3, -0.25) is 4.79 Å². The van der Waals surface area contributed by atoms with E-state index in [1.54, 1.807) is 6.92 Å². The molecule has 1 aromatic rings. The van der Waals surface area contributed by atoms with E-state index in [2.05, 4.69) is 5.32 Å². The fourth-order valence-electron chi connectivity index (χ4n) is 2.01. The number of carbonyl (C=O) groups is 2. The number of likely N-dealkylation sites (N-methyl/N-ethyl adjacent to an activating group) is 1. The van der Waals surface area contributed by atoms with Gasteiger partial charge in [-0.05, 0) is 18.9 Å². The van der Waals surface area contributed by atoms with Crippen LogP contribution in [0, 0.1) is 11.5 Å². The average molecular weight is 317 g/mol. The van der Waals surface area contributed by atoms with Crippen molar-refractivity contribution in [1.82, 2.24) is 10.2 Å². The number of amides is 2. The summed E-state index contributed by atoms with van der Waals surface area (Å²) >= 11 is 0. The third-order valence-corrected chi connectivity index (χ3v) is 3.31. The molecule has 1 aromatic carbocycles. The van der Waals surface area contributed by atoms with Gasteiger partial charge in [0.25, 0.3) is 5.91 Å². The van der Waals surface area contributed by atoms with Crippen molar-refractivity contribution in [2.45, 2.75) is 39.2 Å². The van der Waals surface area contributed by atoms with Crippen LogP contribution in [0.25, 0.3) is 0 Å². The molecule has 23 heavy (non-hydrogen) atoms. The third-order valence-electron chi connectivity index (χ3n) is 3.31. The quantitative estimate of drug-likeness (QED) is 0.453. The zero-order valence-electron chi connectivity index (χ0n) is 13.6. The SMILES string of the molecule is CCCCOC(=O)NC(Cc1ccccc1)C(=O)N(C#N)CC. The first kappa shape index (κ1) is 18.5. The predicted octanol–water partition coefficient (Wildman–Crippen LogP) is 2.45. The fraction of sp³-hybridized carbons (Fsp3) is 0.471. The molecule has 6 nitrogen and oxygen atoms in total. The van der Waals surface area contributed by atoms with Crippen molar-refractivity contribution < 1.29 is 14.3 Å². The van der Waals surface area contributed by atoms with Crippen molar-refractivity contribution in [2.24, 2.45) is 0 Å². The molecule has 0 aromatic heterocycles. The average Bonchev–Trinajstić information content (AvgIpc) is 2.56. The molecule has 6 heteroatoms. The summed E-state index contributed by atoms with van der Waals surface area (Å²) in [6.07, 6.45) is 3.19. The number of nitrogens with one attached hydrogen (secondary N) is 1. The van der Waals surface area contributed by atoms with Crippen LogP contribution in [0.2, 0.25) is 0 Å². The normalized spacial score (nSPS) is 11.2. The van der Waals surface area contributed by atoms with Crippen LogP contribution in [-0.4, -0.2) is 36.1 Å². The van der Waals surface area contributed by atoms with Crippen LogP contribution in [0.1, 0.15) is 32.3 Å². The number of hydrogen-bond donors (Lipinski definition) is 1. The molecule has 2 amide bonds. The molecule has 1 unspecified atom stereocenters. The second-order valence-corrected chi connectivity index (χ2v) is 5.06. The second kappa shape index (κ2) is 10.2. The Hall–Kier alpha value is -2.55. The van der Waals surface area contributed by atoms with E-state index in [-0.39, 0.29) is 6.54 Å². The number of nitrogens with zero attached hydrogens (tertiary/aromatic N) is 2. The number of carbonyl (C=O) groups excluding carboxylic acids is 2. The van der Waals surface area contributed by atoms with Crippen LogP contribution in [0.5, 0.6) is 0 Å². The van der Waals surface area contributed by atoms with Gasteiger partial charge in [0.15, 0.2) is 6.19 Å². The van der Waals surface area contributed by atoms with Gasteiger partial charge in [-0.25, -0.2) is 9.69 Å². The molecule has 0 saturated carbocycles. The summed E-state index contributed by atoms with van der Waals surface area (Å²) in [7, 11) is 0. The molecule has 0 spiro atoms. The maximum Gasteiger partial charge on any atom is 0.407 e. The fourth-order valence-corrected chi connectivity index (χ4v) is 2.01. The topological polar surface area (TPSA) is 82.4 Å². The van der Waals surface area contributed by atoms with E-state index >= 15 is 0 Å². The number of alkyl carbamates (subject to hydrolysis) is 1. The van der Waals surface area contributed by atoms with Gasteiger partial charge >= 0.3 is 6.09 Å². The lowest BCUT2D eigenvalue weighted by atomic mass is 10.1. The van der Waals surface area contributed by atoms with Gasteiger partial charge in [-0.1, -0.05) is 43.7 Å². The van der Waals surface area contributed by atoms with E-state index in [0.717, 1.165) is 23.3 Å². The van der Waals surface area contributed by atoms with Gasteiger partial charge in [-0.2, -0.15) is 5.26 Å². The molecular weight excluding hydrogens is 294 g/mol. The van der Waals surface area contributed by atoms with Crippen LogP contribution < -0.4 is 5.32 Å². The van der Waals surface area contributed by atoms with E-state index in [9.17, 15) is 9.59 Å². The minimum absolute atomic E-state index is 0.257. The number of rotatable bonds is 8. The van der Waals surface area contributed by atoms with Gasteiger partial charge in [0.1, 0.15) is 6.04 Å². The molecule has 0 aliphatic carbocycles. The van der Waals surface area contributed by atoms with E-state index in [4.69, 9.17) is 10.00 Å². The highest BCUT2D eigenvalue weighted by Crippen LogP contribution is 2.06. The molecule has 1 atom stereocenters. The maximum atomic E-state index is 12.4. The molecule has 0 aliphatic heterocycles. The second-order valence-electron chi connectivity index (χ2n) is 5.06. The van der Waals surface area contributed by atoms with Crippen molar-refractivity contribution in [1.29, 1.82) is 5.26 Å². The molecular formula is C17H23N3O3. The standard InChI is InChI=1S/C17H23N3O3/c1-3-5-11-23-17(22)19-15(16(21)20(4-2)13-18)12-14-9-7-6-8-10-14/h6-10,15H,3-5,11-12H2,1-2H3,(H,19,22). The van der Waals surface area contributed by atoms with Crippen LogP contribution >= 0.6 is 0 Å². The Kier molecular flexibility index (Phi) is 8.22. The van der Waals surface area contributed by atoms with Crippen molar-refractivity contribution in [3.8, 4) is 6.19 Å². The zero-order chi connectivity index (χ0) is 17.1. The van der Waals surface area contributed by atoms with Crippen molar-refractivity contribution in [2.75, 3.05) is 13.2 Å². The molecule has 1 rings (SSSR count). The smallest absolute Gasteiger partial charge is 0.407 e. The van der Waals surface area contributed by atoms with Gasteiger partial charge < -0.3 is 10.1 Å². The lowest BCUT2D eigenvalue weighted by molar-refractivity contribution is -0.130. The maximum absolute atomic E-state index is 12.4. The van der Waals surface area contributed by atoms with Gasteiger partial charge in [0.2, 0.25) is 0 Å². The number of unbranched alkanes of at least 4 members (excludes halogenated alkanes) is 1. The van der Waals surface area contributed by atoms with Crippen LogP contribution in [-0.2, 0) is 16.0 Å². The molecule has 1 N–H and O–H groups in total. The molecule has 0 saturated heterocycles. The summed E-state index contributed by atoms with van der Waals surface area (Å²) in [5.74, 6) is -0.439. The molecule has 0 radical (unpaired) electrons. The Morgan fingerprint density at radius 3 is 2.57 bits per heavy atom. The van der Waals surface area contributed by atoms with Gasteiger partial charge in [0.05, 0.1) is 6.61 Å². The van der Waals surface area contributed by atoms with Crippen molar-refractivity contribution in [3.63, 3.8) is 0 Å². The van der Waals surface area contributed by atoms with Crippen molar-refractivity contribution >= 4 is 12.0 Å².